The summed E-state index contributed by atoms with van der Waals surface area (Å²) in [5, 5.41) is 21.6. The van der Waals surface area contributed by atoms with Crippen LogP contribution in [-0.4, -0.2) is 82.3 Å². The lowest BCUT2D eigenvalue weighted by atomic mass is 10.1. The van der Waals surface area contributed by atoms with Gasteiger partial charge in [-0.15, -0.1) is 0 Å². The van der Waals surface area contributed by atoms with Crippen LogP contribution in [0.15, 0.2) is 12.2 Å². The number of amides is 3. The number of primary amides is 1. The lowest BCUT2D eigenvalue weighted by Crippen LogP contribution is -2.43. The first kappa shape index (κ1) is 35.2. The molecule has 0 aliphatic rings. The largest absolute Gasteiger partial charge is 0.480 e. The molecule has 0 aromatic rings. The van der Waals surface area contributed by atoms with Crippen LogP contribution in [0.2, 0.25) is 0 Å². The van der Waals surface area contributed by atoms with Crippen molar-refractivity contribution in [3.05, 3.63) is 12.2 Å². The monoisotopic (exact) mass is 553 g/mol. The van der Waals surface area contributed by atoms with Crippen molar-refractivity contribution < 1.29 is 48.5 Å². The molecular weight excluding hydrogens is 518 g/mol. The number of ether oxygens (including phenoxy) is 2. The van der Waals surface area contributed by atoms with Crippen LogP contribution in [0.4, 0.5) is 4.79 Å². The van der Waals surface area contributed by atoms with Crippen LogP contribution < -0.4 is 16.4 Å². The quantitative estimate of drug-likeness (QED) is 0.0840. The van der Waals surface area contributed by atoms with E-state index in [4.69, 9.17) is 25.4 Å². The third kappa shape index (κ3) is 24.2. The Morgan fingerprint density at radius 1 is 1.03 bits per heavy atom. The molecule has 206 valence electrons. The molecule has 0 fully saturated rings. The summed E-state index contributed by atoms with van der Waals surface area (Å²) in [6.45, 7) is 9.97. The number of nitrogens with two attached hydrogens (primary N) is 1. The van der Waals surface area contributed by atoms with E-state index in [1.54, 1.807) is 27.7 Å². The molecule has 15 heteroatoms. The normalized spacial score (nSPS) is 11.1. The molecular formula is C21H35N3O10S2. The summed E-state index contributed by atoms with van der Waals surface area (Å²) in [5.41, 5.74) is 4.55. The van der Waals surface area contributed by atoms with Gasteiger partial charge in [-0.1, -0.05) is 28.2 Å². The Balaban J connectivity index is 0. The van der Waals surface area contributed by atoms with Crippen molar-refractivity contribution in [2.75, 3.05) is 24.7 Å². The highest BCUT2D eigenvalue weighted by molar-refractivity contribution is 8.76. The van der Waals surface area contributed by atoms with Gasteiger partial charge < -0.3 is 36.1 Å². The molecule has 0 rings (SSSR count). The van der Waals surface area contributed by atoms with Gasteiger partial charge in [-0.25, -0.2) is 14.4 Å². The van der Waals surface area contributed by atoms with Crippen LogP contribution in [0.25, 0.3) is 0 Å². The Hall–Kier alpha value is -2.94. The molecule has 0 radical (unpaired) electrons. The highest BCUT2D eigenvalue weighted by atomic mass is 33.1. The Morgan fingerprint density at radius 2 is 1.61 bits per heavy atom. The van der Waals surface area contributed by atoms with Crippen LogP contribution in [-0.2, 0) is 33.4 Å². The van der Waals surface area contributed by atoms with Gasteiger partial charge in [-0.3, -0.25) is 14.4 Å². The van der Waals surface area contributed by atoms with Gasteiger partial charge in [0.1, 0.15) is 24.8 Å². The number of carboxylic acids is 2. The Labute approximate surface area is 217 Å². The number of rotatable bonds is 15. The number of alkyl carbamates (subject to hydrolysis) is 1. The Morgan fingerprint density at radius 3 is 2.08 bits per heavy atom. The lowest BCUT2D eigenvalue weighted by molar-refractivity contribution is -0.140. The summed E-state index contributed by atoms with van der Waals surface area (Å²) >= 11 is 0. The molecule has 13 nitrogen and oxygen atoms in total. The number of hydrogen-bond acceptors (Lipinski definition) is 10. The first-order valence-electron chi connectivity index (χ1n) is 10.6. The second-order valence-corrected chi connectivity index (χ2v) is 10.7. The smallest absolute Gasteiger partial charge is 0.408 e. The minimum atomic E-state index is -1.24. The number of esters is 1. The van der Waals surface area contributed by atoms with Crippen LogP contribution in [0.3, 0.4) is 0 Å². The zero-order chi connectivity index (χ0) is 28.3. The van der Waals surface area contributed by atoms with Crippen molar-refractivity contribution in [1.29, 1.82) is 0 Å². The molecule has 0 saturated carbocycles. The van der Waals surface area contributed by atoms with Gasteiger partial charge in [0.2, 0.25) is 11.8 Å². The van der Waals surface area contributed by atoms with Crippen molar-refractivity contribution in [2.24, 2.45) is 5.73 Å². The minimum absolute atomic E-state index is 0.0656. The summed E-state index contributed by atoms with van der Waals surface area (Å²) in [5.74, 6) is -2.41. The molecule has 6 N–H and O–H groups in total. The van der Waals surface area contributed by atoms with E-state index in [1.165, 1.54) is 21.6 Å². The predicted octanol–water partition coefficient (Wildman–Crippen LogP) is 1.31. The molecule has 0 saturated heterocycles. The molecule has 1 atom stereocenters. The van der Waals surface area contributed by atoms with E-state index in [0.29, 0.717) is 23.7 Å². The van der Waals surface area contributed by atoms with Gasteiger partial charge in [0.15, 0.2) is 0 Å². The average molecular weight is 554 g/mol. The SMILES string of the molecule is C=C(C)C(=O)OCCSSCCC(=O)NCC(=O)O.CC(C)(C)OC(=O)NC(CCC(N)=O)C(=O)O. The van der Waals surface area contributed by atoms with E-state index in [1.807, 2.05) is 0 Å². The maximum Gasteiger partial charge on any atom is 0.408 e. The fourth-order valence-corrected chi connectivity index (χ4v) is 3.62. The summed E-state index contributed by atoms with van der Waals surface area (Å²) in [6, 6.07) is -1.18. The second kappa shape index (κ2) is 19.3. The average Bonchev–Trinajstić information content (AvgIpc) is 2.73. The van der Waals surface area contributed by atoms with Gasteiger partial charge in [-0.2, -0.15) is 0 Å². The van der Waals surface area contributed by atoms with Crippen molar-refractivity contribution in [3.8, 4) is 0 Å². The molecule has 0 bridgehead atoms. The van der Waals surface area contributed by atoms with Crippen LogP contribution in [0.1, 0.15) is 47.0 Å². The standard InChI is InChI=1S/C11H17NO5S2.C10H18N2O5/c1-8(2)11(16)17-4-6-19-18-5-3-9(13)12-7-10(14)15;1-10(2,3)17-9(16)12-6(8(14)15)4-5-7(11)13/h1,3-7H2,2H3,(H,12,13)(H,14,15);6H,4-5H2,1-3H3,(H2,11,13)(H,12,16)(H,14,15). The summed E-state index contributed by atoms with van der Waals surface area (Å²) < 4.78 is 9.77. The molecule has 1 unspecified atom stereocenters. The molecule has 3 amide bonds. The van der Waals surface area contributed by atoms with Gasteiger partial charge in [0, 0.05) is 29.9 Å². The van der Waals surface area contributed by atoms with Crippen molar-refractivity contribution in [3.63, 3.8) is 0 Å². The fourth-order valence-electron chi connectivity index (χ4n) is 1.80. The van der Waals surface area contributed by atoms with Crippen molar-refractivity contribution in [2.45, 2.75) is 58.6 Å². The fraction of sp³-hybridized carbons (Fsp3) is 0.619. The van der Waals surface area contributed by atoms with E-state index in [2.05, 4.69) is 17.2 Å². The maximum absolute atomic E-state index is 11.3. The van der Waals surface area contributed by atoms with Crippen molar-refractivity contribution >= 4 is 57.4 Å². The lowest BCUT2D eigenvalue weighted by Gasteiger charge is -2.21. The van der Waals surface area contributed by atoms with Gasteiger partial charge in [-0.05, 0) is 34.1 Å². The number of hydrogen-bond donors (Lipinski definition) is 5. The molecule has 36 heavy (non-hydrogen) atoms. The Kier molecular flexibility index (Phi) is 18.9. The molecule has 0 heterocycles. The molecule has 0 aliphatic heterocycles. The maximum atomic E-state index is 11.3. The predicted molar refractivity (Wildman–Crippen MR) is 135 cm³/mol. The first-order valence-corrected chi connectivity index (χ1v) is 13.1. The number of carbonyl (C=O) groups is 6. The van der Waals surface area contributed by atoms with E-state index in [9.17, 15) is 28.8 Å². The van der Waals surface area contributed by atoms with Gasteiger partial charge in [0.05, 0.1) is 0 Å². The summed E-state index contributed by atoms with van der Waals surface area (Å²) in [7, 11) is 2.96. The Bertz CT molecular complexity index is 784. The van der Waals surface area contributed by atoms with Crippen LogP contribution in [0.5, 0.6) is 0 Å². The highest BCUT2D eigenvalue weighted by Gasteiger charge is 2.24. The third-order valence-electron chi connectivity index (χ3n) is 3.35. The van der Waals surface area contributed by atoms with E-state index < -0.39 is 41.6 Å². The van der Waals surface area contributed by atoms with Crippen LogP contribution >= 0.6 is 21.6 Å². The first-order chi connectivity index (χ1) is 16.5. The van der Waals surface area contributed by atoms with Crippen molar-refractivity contribution in [1.82, 2.24) is 10.6 Å². The highest BCUT2D eigenvalue weighted by Crippen LogP contribution is 2.21. The number of aliphatic carboxylic acids is 2. The second-order valence-electron chi connectivity index (χ2n) is 8.02. The number of carbonyl (C=O) groups excluding carboxylic acids is 4. The number of nitrogens with one attached hydrogen (secondary N) is 2. The molecule has 0 aliphatic carbocycles. The van der Waals surface area contributed by atoms with E-state index in [-0.39, 0.29) is 31.7 Å². The molecule has 0 spiro atoms. The van der Waals surface area contributed by atoms with Crippen LogP contribution in [0, 0.1) is 0 Å². The van der Waals surface area contributed by atoms with E-state index >= 15 is 0 Å². The number of carboxylic acid groups (broad SMARTS) is 2. The van der Waals surface area contributed by atoms with Gasteiger partial charge >= 0.3 is 24.0 Å². The summed E-state index contributed by atoms with van der Waals surface area (Å²) in [6.07, 6.45) is -0.762. The zero-order valence-electron chi connectivity index (χ0n) is 20.8. The molecule has 0 aromatic carbocycles. The minimum Gasteiger partial charge on any atom is -0.480 e. The topological polar surface area (TPSA) is 211 Å². The summed E-state index contributed by atoms with van der Waals surface area (Å²) in [4.78, 5) is 64.9. The third-order valence-corrected chi connectivity index (χ3v) is 5.72. The van der Waals surface area contributed by atoms with E-state index in [0.717, 1.165) is 0 Å². The molecule has 0 aromatic heterocycles. The van der Waals surface area contributed by atoms with Gasteiger partial charge in [0.25, 0.3) is 0 Å². The zero-order valence-corrected chi connectivity index (χ0v) is 22.4.